The summed E-state index contributed by atoms with van der Waals surface area (Å²) in [6, 6.07) is 8.19. The van der Waals surface area contributed by atoms with E-state index in [2.05, 4.69) is 22.5 Å². The van der Waals surface area contributed by atoms with Crippen LogP contribution in [0.4, 0.5) is 0 Å². The smallest absolute Gasteiger partial charge is 0.223 e. The van der Waals surface area contributed by atoms with Gasteiger partial charge in [-0.15, -0.1) is 0 Å². The molecule has 0 aliphatic carbocycles. The predicted octanol–water partition coefficient (Wildman–Crippen LogP) is 1.92. The number of carbonyl (C=O) groups is 1. The van der Waals surface area contributed by atoms with Gasteiger partial charge in [-0.25, -0.2) is 0 Å². The zero-order valence-corrected chi connectivity index (χ0v) is 13.1. The Hall–Kier alpha value is -1.88. The highest BCUT2D eigenvalue weighted by molar-refractivity contribution is 5.81. The van der Waals surface area contributed by atoms with Crippen molar-refractivity contribution in [3.63, 3.8) is 0 Å². The number of para-hydroxylation sites is 1. The molecule has 0 saturated carbocycles. The van der Waals surface area contributed by atoms with Gasteiger partial charge in [-0.3, -0.25) is 9.48 Å². The maximum atomic E-state index is 11.9. The van der Waals surface area contributed by atoms with Gasteiger partial charge < -0.3 is 10.2 Å². The lowest BCUT2D eigenvalue weighted by molar-refractivity contribution is -0.130. The Morgan fingerprint density at radius 3 is 2.71 bits per heavy atom. The molecule has 0 saturated heterocycles. The molecule has 21 heavy (non-hydrogen) atoms. The molecule has 2 rings (SSSR count). The minimum absolute atomic E-state index is 0.207. The molecule has 1 heterocycles. The molecule has 5 nitrogen and oxygen atoms in total. The summed E-state index contributed by atoms with van der Waals surface area (Å²) in [6.45, 7) is 6.94. The van der Waals surface area contributed by atoms with Gasteiger partial charge in [-0.1, -0.05) is 18.2 Å². The van der Waals surface area contributed by atoms with Gasteiger partial charge in [-0.05, 0) is 19.9 Å². The minimum Gasteiger partial charge on any atom is -0.343 e. The Balaban J connectivity index is 1.87. The molecule has 0 radical (unpaired) electrons. The molecule has 1 N–H and O–H groups in total. The second kappa shape index (κ2) is 7.22. The number of hydrogen-bond donors (Lipinski definition) is 1. The van der Waals surface area contributed by atoms with E-state index in [4.69, 9.17) is 0 Å². The SMILES string of the molecule is CCN(CC)C(=O)CCNCc1nn(C)c2ccccc12. The van der Waals surface area contributed by atoms with Crippen LogP contribution in [-0.2, 0) is 18.4 Å². The fourth-order valence-corrected chi connectivity index (χ4v) is 2.56. The first-order valence-corrected chi connectivity index (χ1v) is 7.56. The van der Waals surface area contributed by atoms with E-state index < -0.39 is 0 Å². The Morgan fingerprint density at radius 2 is 2.00 bits per heavy atom. The Bertz CT molecular complexity index is 601. The highest BCUT2D eigenvalue weighted by Crippen LogP contribution is 2.16. The van der Waals surface area contributed by atoms with E-state index >= 15 is 0 Å². The third-order valence-corrected chi connectivity index (χ3v) is 3.76. The number of aromatic nitrogens is 2. The van der Waals surface area contributed by atoms with Gasteiger partial charge in [-0.2, -0.15) is 5.10 Å². The average Bonchev–Trinajstić information content (AvgIpc) is 2.82. The molecule has 1 aromatic carbocycles. The summed E-state index contributed by atoms with van der Waals surface area (Å²) in [6.07, 6.45) is 0.534. The van der Waals surface area contributed by atoms with Gasteiger partial charge in [0.05, 0.1) is 11.2 Å². The maximum Gasteiger partial charge on any atom is 0.223 e. The standard InChI is InChI=1S/C16H24N4O/c1-4-20(5-2)16(21)10-11-17-12-14-13-8-6-7-9-15(13)19(3)18-14/h6-9,17H,4-5,10-12H2,1-3H3. The zero-order chi connectivity index (χ0) is 15.2. The number of nitrogens with one attached hydrogen (secondary N) is 1. The van der Waals surface area contributed by atoms with E-state index in [0.29, 0.717) is 19.5 Å². The Kier molecular flexibility index (Phi) is 5.33. The second-order valence-corrected chi connectivity index (χ2v) is 5.08. The average molecular weight is 288 g/mol. The second-order valence-electron chi connectivity index (χ2n) is 5.08. The monoisotopic (exact) mass is 288 g/mol. The van der Waals surface area contributed by atoms with Gasteiger partial charge >= 0.3 is 0 Å². The molecule has 114 valence electrons. The number of aryl methyl sites for hydroxylation is 1. The van der Waals surface area contributed by atoms with Crippen LogP contribution in [0.2, 0.25) is 0 Å². The molecule has 0 atom stereocenters. The fourth-order valence-electron chi connectivity index (χ4n) is 2.56. The lowest BCUT2D eigenvalue weighted by atomic mass is 10.2. The van der Waals surface area contributed by atoms with Crippen molar-refractivity contribution in [2.75, 3.05) is 19.6 Å². The minimum atomic E-state index is 0.207. The van der Waals surface area contributed by atoms with Gasteiger partial charge in [0.2, 0.25) is 5.91 Å². The first kappa shape index (κ1) is 15.5. The molecule has 1 amide bonds. The first-order chi connectivity index (χ1) is 10.2. The maximum absolute atomic E-state index is 11.9. The van der Waals surface area contributed by atoms with Gasteiger partial charge in [0.1, 0.15) is 0 Å². The van der Waals surface area contributed by atoms with Crippen LogP contribution in [0.1, 0.15) is 26.0 Å². The molecular weight excluding hydrogens is 264 g/mol. The van der Waals surface area contributed by atoms with E-state index in [0.717, 1.165) is 24.3 Å². The topological polar surface area (TPSA) is 50.2 Å². The molecule has 1 aromatic heterocycles. The molecule has 0 fully saturated rings. The largest absolute Gasteiger partial charge is 0.343 e. The van der Waals surface area contributed by atoms with Crippen molar-refractivity contribution in [1.82, 2.24) is 20.0 Å². The molecule has 2 aromatic rings. The molecular formula is C16H24N4O. The zero-order valence-electron chi connectivity index (χ0n) is 13.1. The summed E-state index contributed by atoms with van der Waals surface area (Å²) in [7, 11) is 1.95. The van der Waals surface area contributed by atoms with E-state index in [1.807, 2.05) is 42.6 Å². The van der Waals surface area contributed by atoms with E-state index in [-0.39, 0.29) is 5.91 Å². The van der Waals surface area contributed by atoms with Crippen molar-refractivity contribution in [1.29, 1.82) is 0 Å². The normalized spacial score (nSPS) is 11.0. The number of carbonyl (C=O) groups excluding carboxylic acids is 1. The number of amides is 1. The summed E-state index contributed by atoms with van der Waals surface area (Å²) >= 11 is 0. The number of hydrogen-bond acceptors (Lipinski definition) is 3. The van der Waals surface area contributed by atoms with Crippen molar-refractivity contribution >= 4 is 16.8 Å². The summed E-state index contributed by atoms with van der Waals surface area (Å²) in [5.74, 6) is 0.207. The number of nitrogens with zero attached hydrogens (tertiary/aromatic N) is 3. The van der Waals surface area contributed by atoms with Crippen molar-refractivity contribution in [2.24, 2.45) is 7.05 Å². The molecule has 0 aliphatic heterocycles. The van der Waals surface area contributed by atoms with Gasteiger partial charge in [0, 0.05) is 45.0 Å². The van der Waals surface area contributed by atoms with Crippen molar-refractivity contribution in [3.05, 3.63) is 30.0 Å². The summed E-state index contributed by atoms with van der Waals surface area (Å²) in [4.78, 5) is 13.8. The summed E-state index contributed by atoms with van der Waals surface area (Å²) in [5.41, 5.74) is 2.16. The van der Waals surface area contributed by atoms with Crippen molar-refractivity contribution < 1.29 is 4.79 Å². The van der Waals surface area contributed by atoms with Crippen LogP contribution in [0.25, 0.3) is 10.9 Å². The molecule has 0 aliphatic rings. The van der Waals surface area contributed by atoms with Crippen LogP contribution < -0.4 is 5.32 Å². The van der Waals surface area contributed by atoms with Crippen LogP contribution >= 0.6 is 0 Å². The quantitative estimate of drug-likeness (QED) is 0.792. The van der Waals surface area contributed by atoms with E-state index in [1.54, 1.807) is 0 Å². The number of rotatable bonds is 7. The molecule has 0 bridgehead atoms. The van der Waals surface area contributed by atoms with Crippen LogP contribution in [0, 0.1) is 0 Å². The summed E-state index contributed by atoms with van der Waals surface area (Å²) in [5, 5.41) is 9.02. The van der Waals surface area contributed by atoms with Crippen molar-refractivity contribution in [3.8, 4) is 0 Å². The third-order valence-electron chi connectivity index (χ3n) is 3.76. The van der Waals surface area contributed by atoms with E-state index in [9.17, 15) is 4.79 Å². The van der Waals surface area contributed by atoms with Crippen LogP contribution in [0.3, 0.4) is 0 Å². The van der Waals surface area contributed by atoms with Crippen LogP contribution in [-0.4, -0.2) is 40.2 Å². The Morgan fingerprint density at radius 1 is 1.29 bits per heavy atom. The highest BCUT2D eigenvalue weighted by atomic mass is 16.2. The molecule has 5 heteroatoms. The number of benzene rings is 1. The lowest BCUT2D eigenvalue weighted by Gasteiger charge is -2.18. The fraction of sp³-hybridized carbons (Fsp3) is 0.500. The number of fused-ring (bicyclic) bond motifs is 1. The van der Waals surface area contributed by atoms with Crippen LogP contribution in [0.5, 0.6) is 0 Å². The first-order valence-electron chi connectivity index (χ1n) is 7.56. The van der Waals surface area contributed by atoms with Gasteiger partial charge in [0.15, 0.2) is 0 Å². The third kappa shape index (κ3) is 3.61. The Labute approximate surface area is 125 Å². The van der Waals surface area contributed by atoms with Gasteiger partial charge in [0.25, 0.3) is 0 Å². The predicted molar refractivity (Wildman–Crippen MR) is 85.0 cm³/mol. The lowest BCUT2D eigenvalue weighted by Crippen LogP contribution is -2.32. The van der Waals surface area contributed by atoms with Crippen molar-refractivity contribution in [2.45, 2.75) is 26.8 Å². The summed E-state index contributed by atoms with van der Waals surface area (Å²) < 4.78 is 1.90. The van der Waals surface area contributed by atoms with E-state index in [1.165, 1.54) is 5.39 Å². The molecule has 0 unspecified atom stereocenters. The highest BCUT2D eigenvalue weighted by Gasteiger charge is 2.10. The molecule has 0 spiro atoms. The van der Waals surface area contributed by atoms with Crippen LogP contribution in [0.15, 0.2) is 24.3 Å².